The van der Waals surface area contributed by atoms with E-state index in [2.05, 4.69) is 81.3 Å². The highest BCUT2D eigenvalue weighted by Crippen LogP contribution is 2.27. The lowest BCUT2D eigenvalue weighted by molar-refractivity contribution is 0.148. The quantitative estimate of drug-likeness (QED) is 0.728. The summed E-state index contributed by atoms with van der Waals surface area (Å²) < 4.78 is 0. The first-order chi connectivity index (χ1) is 13.1. The van der Waals surface area contributed by atoms with Gasteiger partial charge < -0.3 is 15.2 Å². The molecule has 0 aliphatic carbocycles. The van der Waals surface area contributed by atoms with Gasteiger partial charge in [0.15, 0.2) is 0 Å². The number of hydrogen-bond donors (Lipinski definition) is 2. The smallest absolute Gasteiger partial charge is 0.143 e. The standard InChI is InChI=1S/C21H28N6/c1-15(2)24-20-18-12-19(25-21(18)23-14-22-20)17-6-4-16(5-7-17)13-27-10-8-26(3)9-11-27/h4-7,12,14-15H,8-11,13H2,1-3H3,(H2,22,23,24,25). The zero-order valence-corrected chi connectivity index (χ0v) is 16.4. The van der Waals surface area contributed by atoms with Crippen LogP contribution in [-0.4, -0.2) is 64.0 Å². The van der Waals surface area contributed by atoms with Crippen LogP contribution in [0.1, 0.15) is 19.4 Å². The number of likely N-dealkylation sites (N-methyl/N-ethyl adjacent to an activating group) is 1. The number of aromatic nitrogens is 3. The van der Waals surface area contributed by atoms with E-state index < -0.39 is 0 Å². The van der Waals surface area contributed by atoms with Crippen LogP contribution in [0.5, 0.6) is 0 Å². The van der Waals surface area contributed by atoms with Crippen LogP contribution in [0.4, 0.5) is 5.82 Å². The third kappa shape index (κ3) is 4.12. The topological polar surface area (TPSA) is 60.1 Å². The highest BCUT2D eigenvalue weighted by atomic mass is 15.2. The number of fused-ring (bicyclic) bond motifs is 1. The predicted octanol–water partition coefficient (Wildman–Crippen LogP) is 3.19. The molecule has 0 unspecified atom stereocenters. The zero-order valence-electron chi connectivity index (χ0n) is 16.4. The normalized spacial score (nSPS) is 16.3. The van der Waals surface area contributed by atoms with E-state index in [1.807, 2.05) is 0 Å². The summed E-state index contributed by atoms with van der Waals surface area (Å²) in [7, 11) is 2.19. The molecule has 27 heavy (non-hydrogen) atoms. The first-order valence-corrected chi connectivity index (χ1v) is 9.69. The van der Waals surface area contributed by atoms with Gasteiger partial charge in [0.2, 0.25) is 0 Å². The number of nitrogens with one attached hydrogen (secondary N) is 2. The van der Waals surface area contributed by atoms with E-state index in [0.29, 0.717) is 6.04 Å². The number of anilines is 1. The SMILES string of the molecule is CC(C)Nc1ncnc2[nH]c(-c3ccc(CN4CCN(C)CC4)cc3)cc12. The molecule has 0 bridgehead atoms. The summed E-state index contributed by atoms with van der Waals surface area (Å²) in [5.74, 6) is 0.879. The summed E-state index contributed by atoms with van der Waals surface area (Å²) in [6, 6.07) is 11.3. The number of hydrogen-bond acceptors (Lipinski definition) is 5. The van der Waals surface area contributed by atoms with Gasteiger partial charge in [0.05, 0.1) is 5.39 Å². The number of rotatable bonds is 5. The van der Waals surface area contributed by atoms with E-state index in [4.69, 9.17) is 0 Å². The Balaban J connectivity index is 1.52. The fourth-order valence-corrected chi connectivity index (χ4v) is 3.54. The van der Waals surface area contributed by atoms with Gasteiger partial charge in [-0.25, -0.2) is 9.97 Å². The number of aromatic amines is 1. The van der Waals surface area contributed by atoms with E-state index >= 15 is 0 Å². The first kappa shape index (κ1) is 17.9. The summed E-state index contributed by atoms with van der Waals surface area (Å²) in [5.41, 5.74) is 4.47. The van der Waals surface area contributed by atoms with Crippen molar-refractivity contribution in [2.45, 2.75) is 26.4 Å². The fourth-order valence-electron chi connectivity index (χ4n) is 3.54. The Kier molecular flexibility index (Phi) is 5.09. The maximum atomic E-state index is 4.39. The van der Waals surface area contributed by atoms with Crippen LogP contribution in [0, 0.1) is 0 Å². The number of piperazine rings is 1. The highest BCUT2D eigenvalue weighted by Gasteiger charge is 2.14. The van der Waals surface area contributed by atoms with Gasteiger partial charge in [0, 0.05) is 44.5 Å². The lowest BCUT2D eigenvalue weighted by Crippen LogP contribution is -2.43. The van der Waals surface area contributed by atoms with Crippen LogP contribution in [-0.2, 0) is 6.54 Å². The van der Waals surface area contributed by atoms with Gasteiger partial charge >= 0.3 is 0 Å². The van der Waals surface area contributed by atoms with Crippen LogP contribution in [0.2, 0.25) is 0 Å². The van der Waals surface area contributed by atoms with Gasteiger partial charge in [-0.05, 0) is 38.1 Å². The van der Waals surface area contributed by atoms with Crippen LogP contribution in [0.25, 0.3) is 22.3 Å². The van der Waals surface area contributed by atoms with Crippen molar-refractivity contribution < 1.29 is 0 Å². The third-order valence-corrected chi connectivity index (χ3v) is 5.12. The molecule has 2 aromatic heterocycles. The van der Waals surface area contributed by atoms with Gasteiger partial charge in [0.25, 0.3) is 0 Å². The van der Waals surface area contributed by atoms with E-state index in [-0.39, 0.29) is 0 Å². The lowest BCUT2D eigenvalue weighted by Gasteiger charge is -2.32. The molecule has 0 radical (unpaired) electrons. The Morgan fingerprint density at radius 3 is 2.52 bits per heavy atom. The first-order valence-electron chi connectivity index (χ1n) is 9.69. The molecule has 3 heterocycles. The molecule has 142 valence electrons. The molecule has 6 nitrogen and oxygen atoms in total. The summed E-state index contributed by atoms with van der Waals surface area (Å²) in [6.45, 7) is 9.84. The second kappa shape index (κ2) is 7.66. The molecule has 0 saturated carbocycles. The van der Waals surface area contributed by atoms with Crippen molar-refractivity contribution in [1.82, 2.24) is 24.8 Å². The molecule has 2 N–H and O–H groups in total. The largest absolute Gasteiger partial charge is 0.367 e. The van der Waals surface area contributed by atoms with E-state index in [9.17, 15) is 0 Å². The van der Waals surface area contributed by atoms with Gasteiger partial charge in [-0.1, -0.05) is 24.3 Å². The van der Waals surface area contributed by atoms with E-state index in [0.717, 1.165) is 55.3 Å². The van der Waals surface area contributed by atoms with Crippen LogP contribution in [0.3, 0.4) is 0 Å². The van der Waals surface area contributed by atoms with Crippen molar-refractivity contribution in [3.05, 3.63) is 42.2 Å². The highest BCUT2D eigenvalue weighted by molar-refractivity contribution is 5.91. The Bertz CT molecular complexity index is 891. The molecule has 3 aromatic rings. The molecule has 4 rings (SSSR count). The lowest BCUT2D eigenvalue weighted by atomic mass is 10.1. The van der Waals surface area contributed by atoms with Gasteiger partial charge in [-0.3, -0.25) is 4.90 Å². The number of H-pyrrole nitrogens is 1. The molecule has 1 saturated heterocycles. The minimum Gasteiger partial charge on any atom is -0.367 e. The van der Waals surface area contributed by atoms with Crippen LogP contribution < -0.4 is 5.32 Å². The maximum Gasteiger partial charge on any atom is 0.143 e. The molecule has 1 aliphatic rings. The molecular weight excluding hydrogens is 336 g/mol. The minimum absolute atomic E-state index is 0.329. The molecule has 0 spiro atoms. The van der Waals surface area contributed by atoms with Crippen molar-refractivity contribution in [3.63, 3.8) is 0 Å². The average Bonchev–Trinajstić information content (AvgIpc) is 3.09. The fraction of sp³-hybridized carbons (Fsp3) is 0.429. The Morgan fingerprint density at radius 2 is 1.81 bits per heavy atom. The molecule has 6 heteroatoms. The van der Waals surface area contributed by atoms with Crippen molar-refractivity contribution in [2.75, 3.05) is 38.5 Å². The third-order valence-electron chi connectivity index (χ3n) is 5.12. The van der Waals surface area contributed by atoms with Crippen molar-refractivity contribution in [3.8, 4) is 11.3 Å². The van der Waals surface area contributed by atoms with Crippen molar-refractivity contribution >= 4 is 16.9 Å². The van der Waals surface area contributed by atoms with Gasteiger partial charge in [0.1, 0.15) is 17.8 Å². The molecular formula is C21H28N6. The average molecular weight is 364 g/mol. The Morgan fingerprint density at radius 1 is 1.07 bits per heavy atom. The van der Waals surface area contributed by atoms with E-state index in [1.54, 1.807) is 6.33 Å². The summed E-state index contributed by atoms with van der Waals surface area (Å²) in [6.07, 6.45) is 1.60. The van der Waals surface area contributed by atoms with E-state index in [1.165, 1.54) is 11.1 Å². The molecule has 0 atom stereocenters. The monoisotopic (exact) mass is 364 g/mol. The maximum absolute atomic E-state index is 4.39. The minimum atomic E-state index is 0.329. The zero-order chi connectivity index (χ0) is 18.8. The second-order valence-electron chi connectivity index (χ2n) is 7.74. The molecule has 1 aliphatic heterocycles. The number of benzene rings is 1. The summed E-state index contributed by atoms with van der Waals surface area (Å²) in [5, 5.41) is 4.42. The number of nitrogens with zero attached hydrogens (tertiary/aromatic N) is 4. The van der Waals surface area contributed by atoms with Crippen LogP contribution >= 0.6 is 0 Å². The van der Waals surface area contributed by atoms with Gasteiger partial charge in [-0.2, -0.15) is 0 Å². The Labute approximate surface area is 160 Å². The summed E-state index contributed by atoms with van der Waals surface area (Å²) >= 11 is 0. The molecule has 0 amide bonds. The Hall–Kier alpha value is -2.44. The van der Waals surface area contributed by atoms with Crippen molar-refractivity contribution in [2.24, 2.45) is 0 Å². The van der Waals surface area contributed by atoms with Gasteiger partial charge in [-0.15, -0.1) is 0 Å². The predicted molar refractivity (Wildman–Crippen MR) is 111 cm³/mol. The summed E-state index contributed by atoms with van der Waals surface area (Å²) in [4.78, 5) is 17.1. The van der Waals surface area contributed by atoms with Crippen molar-refractivity contribution in [1.29, 1.82) is 0 Å². The molecule has 1 aromatic carbocycles. The molecule has 1 fully saturated rings. The van der Waals surface area contributed by atoms with Crippen LogP contribution in [0.15, 0.2) is 36.7 Å². The second-order valence-corrected chi connectivity index (χ2v) is 7.74.